The van der Waals surface area contributed by atoms with E-state index in [1.807, 2.05) is 13.8 Å². The predicted octanol–water partition coefficient (Wildman–Crippen LogP) is 4.86. The van der Waals surface area contributed by atoms with E-state index in [-0.39, 0.29) is 5.83 Å². The third-order valence-corrected chi connectivity index (χ3v) is 2.77. The molecule has 0 radical (unpaired) electrons. The molecule has 0 spiro atoms. The molecule has 0 heterocycles. The summed E-state index contributed by atoms with van der Waals surface area (Å²) in [5, 5.41) is 0. The lowest BCUT2D eigenvalue weighted by Crippen LogP contribution is -1.99. The van der Waals surface area contributed by atoms with Crippen molar-refractivity contribution in [3.05, 3.63) is 46.9 Å². The van der Waals surface area contributed by atoms with Crippen molar-refractivity contribution in [2.24, 2.45) is 0 Å². The lowest BCUT2D eigenvalue weighted by atomic mass is 9.90. The highest BCUT2D eigenvalue weighted by Gasteiger charge is 2.14. The van der Waals surface area contributed by atoms with Crippen LogP contribution in [0.25, 0.3) is 0 Å². The highest BCUT2D eigenvalue weighted by atomic mass is 19.1. The lowest BCUT2D eigenvalue weighted by Gasteiger charge is -2.16. The van der Waals surface area contributed by atoms with Crippen molar-refractivity contribution in [1.29, 1.82) is 0 Å². The molecule has 1 rings (SSSR count). The van der Waals surface area contributed by atoms with E-state index in [9.17, 15) is 4.39 Å². The van der Waals surface area contributed by atoms with Crippen molar-refractivity contribution < 1.29 is 4.39 Å². The molecule has 0 nitrogen and oxygen atoms in total. The average molecular weight is 206 g/mol. The molecule has 15 heavy (non-hydrogen) atoms. The predicted molar refractivity (Wildman–Crippen MR) is 64.3 cm³/mol. The summed E-state index contributed by atoms with van der Waals surface area (Å²) in [5.41, 5.74) is 3.95. The van der Waals surface area contributed by atoms with Crippen LogP contribution in [-0.4, -0.2) is 0 Å². The second-order valence-electron chi connectivity index (χ2n) is 4.07. The molecule has 1 aliphatic carbocycles. The molecule has 0 fully saturated rings. The van der Waals surface area contributed by atoms with E-state index < -0.39 is 0 Å². The van der Waals surface area contributed by atoms with Crippen LogP contribution in [0.3, 0.4) is 0 Å². The topological polar surface area (TPSA) is 0 Å². The number of rotatable bonds is 3. The number of hydrogen-bond acceptors (Lipinski definition) is 0. The van der Waals surface area contributed by atoms with E-state index in [4.69, 9.17) is 0 Å². The largest absolute Gasteiger partial charge is 0.207 e. The van der Waals surface area contributed by atoms with Gasteiger partial charge in [0, 0.05) is 0 Å². The highest BCUT2D eigenvalue weighted by molar-refractivity contribution is 5.44. The Bertz CT molecular complexity index is 354. The number of hydrogen-bond donors (Lipinski definition) is 0. The van der Waals surface area contributed by atoms with Crippen LogP contribution < -0.4 is 0 Å². The van der Waals surface area contributed by atoms with E-state index in [1.165, 1.54) is 5.57 Å². The molecule has 0 aliphatic heterocycles. The molecule has 0 aromatic carbocycles. The Labute approximate surface area is 91.9 Å². The Hall–Kier alpha value is -1.11. The van der Waals surface area contributed by atoms with Crippen LogP contribution in [0.1, 0.15) is 40.0 Å². The smallest absolute Gasteiger partial charge is 0.126 e. The molecule has 0 saturated heterocycles. The third-order valence-electron chi connectivity index (χ3n) is 2.77. The van der Waals surface area contributed by atoms with E-state index in [2.05, 4.69) is 19.6 Å². The molecule has 1 heteroatoms. The van der Waals surface area contributed by atoms with Gasteiger partial charge < -0.3 is 0 Å². The molecule has 0 bridgehead atoms. The minimum atomic E-state index is -0.104. The Morgan fingerprint density at radius 2 is 2.13 bits per heavy atom. The number of halogens is 1. The van der Waals surface area contributed by atoms with Gasteiger partial charge in [0.1, 0.15) is 5.83 Å². The van der Waals surface area contributed by atoms with Crippen LogP contribution in [0.15, 0.2) is 46.9 Å². The zero-order valence-electron chi connectivity index (χ0n) is 9.86. The Balaban J connectivity index is 2.96. The van der Waals surface area contributed by atoms with Gasteiger partial charge in [-0.3, -0.25) is 0 Å². The molecule has 0 N–H and O–H groups in total. The molecule has 82 valence electrons. The summed E-state index contributed by atoms with van der Waals surface area (Å²) < 4.78 is 13.7. The fraction of sp³-hybridized carbons (Fsp3) is 0.429. The van der Waals surface area contributed by atoms with Gasteiger partial charge in [-0.1, -0.05) is 30.7 Å². The Kier molecular flexibility index (Phi) is 4.07. The van der Waals surface area contributed by atoms with Crippen molar-refractivity contribution >= 4 is 0 Å². The minimum Gasteiger partial charge on any atom is -0.207 e. The zero-order valence-corrected chi connectivity index (χ0v) is 9.86. The molecular weight excluding hydrogens is 187 g/mol. The molecule has 0 aromatic rings. The highest BCUT2D eigenvalue weighted by Crippen LogP contribution is 2.31. The number of allylic oxidation sites excluding steroid dienone is 7. The van der Waals surface area contributed by atoms with Gasteiger partial charge >= 0.3 is 0 Å². The van der Waals surface area contributed by atoms with Crippen LogP contribution in [0, 0.1) is 0 Å². The van der Waals surface area contributed by atoms with E-state index >= 15 is 0 Å². The monoisotopic (exact) mass is 206 g/mol. The van der Waals surface area contributed by atoms with Crippen LogP contribution >= 0.6 is 0 Å². The first-order valence-electron chi connectivity index (χ1n) is 5.48. The average Bonchev–Trinajstić information content (AvgIpc) is 2.17. The SMILES string of the molecule is C=C(C)C1=C(F)C=C(/C(C)=C/CC)CC1. The van der Waals surface area contributed by atoms with Crippen LogP contribution in [-0.2, 0) is 0 Å². The van der Waals surface area contributed by atoms with Crippen molar-refractivity contribution in [1.82, 2.24) is 0 Å². The summed E-state index contributed by atoms with van der Waals surface area (Å²) in [6.07, 6.45) is 6.52. The maximum atomic E-state index is 13.7. The van der Waals surface area contributed by atoms with E-state index in [0.29, 0.717) is 0 Å². The molecular formula is C14H19F. The third kappa shape index (κ3) is 2.92. The first-order chi connectivity index (χ1) is 7.06. The van der Waals surface area contributed by atoms with E-state index in [0.717, 1.165) is 36.0 Å². The van der Waals surface area contributed by atoms with Gasteiger partial charge in [-0.2, -0.15) is 0 Å². The standard InChI is InChI=1S/C14H19F/c1-5-6-11(4)12-7-8-13(10(2)3)14(15)9-12/h6,9H,2,5,7-8H2,1,3-4H3/b11-6+. The summed E-state index contributed by atoms with van der Waals surface area (Å²) >= 11 is 0. The summed E-state index contributed by atoms with van der Waals surface area (Å²) in [5.74, 6) is -0.104. The van der Waals surface area contributed by atoms with Crippen LogP contribution in [0.5, 0.6) is 0 Å². The summed E-state index contributed by atoms with van der Waals surface area (Å²) in [6.45, 7) is 9.80. The van der Waals surface area contributed by atoms with E-state index in [1.54, 1.807) is 6.08 Å². The van der Waals surface area contributed by atoms with Crippen molar-refractivity contribution in [3.8, 4) is 0 Å². The van der Waals surface area contributed by atoms with Crippen molar-refractivity contribution in [2.45, 2.75) is 40.0 Å². The first kappa shape index (κ1) is 12.0. The summed E-state index contributed by atoms with van der Waals surface area (Å²) in [6, 6.07) is 0. The normalized spacial score (nSPS) is 17.9. The minimum absolute atomic E-state index is 0.104. The molecule has 0 amide bonds. The van der Waals surface area contributed by atoms with Gasteiger partial charge in [-0.05, 0) is 50.3 Å². The van der Waals surface area contributed by atoms with Gasteiger partial charge in [-0.15, -0.1) is 0 Å². The second-order valence-corrected chi connectivity index (χ2v) is 4.07. The van der Waals surface area contributed by atoms with Crippen molar-refractivity contribution in [2.75, 3.05) is 0 Å². The first-order valence-corrected chi connectivity index (χ1v) is 5.48. The van der Waals surface area contributed by atoms with Crippen LogP contribution in [0.4, 0.5) is 4.39 Å². The Morgan fingerprint density at radius 3 is 2.60 bits per heavy atom. The molecule has 0 saturated carbocycles. The van der Waals surface area contributed by atoms with Crippen LogP contribution in [0.2, 0.25) is 0 Å². The maximum absolute atomic E-state index is 13.7. The fourth-order valence-corrected chi connectivity index (χ4v) is 1.86. The van der Waals surface area contributed by atoms with Gasteiger partial charge in [0.05, 0.1) is 0 Å². The Morgan fingerprint density at radius 1 is 1.47 bits per heavy atom. The maximum Gasteiger partial charge on any atom is 0.126 e. The zero-order chi connectivity index (χ0) is 11.4. The van der Waals surface area contributed by atoms with Crippen molar-refractivity contribution in [3.63, 3.8) is 0 Å². The summed E-state index contributed by atoms with van der Waals surface area (Å²) in [7, 11) is 0. The second kappa shape index (κ2) is 5.11. The molecule has 0 aromatic heterocycles. The molecule has 0 atom stereocenters. The quantitative estimate of drug-likeness (QED) is 0.618. The van der Waals surface area contributed by atoms with Gasteiger partial charge in [-0.25, -0.2) is 4.39 Å². The van der Waals surface area contributed by atoms with Gasteiger partial charge in [0.2, 0.25) is 0 Å². The van der Waals surface area contributed by atoms with Gasteiger partial charge in [0.15, 0.2) is 0 Å². The molecule has 1 aliphatic rings. The van der Waals surface area contributed by atoms with Gasteiger partial charge in [0.25, 0.3) is 0 Å². The summed E-state index contributed by atoms with van der Waals surface area (Å²) in [4.78, 5) is 0. The lowest BCUT2D eigenvalue weighted by molar-refractivity contribution is 0.634. The molecule has 0 unspecified atom stereocenters. The fourth-order valence-electron chi connectivity index (χ4n) is 1.86.